The van der Waals surface area contributed by atoms with Crippen molar-refractivity contribution in [1.82, 2.24) is 0 Å². The third-order valence-electron chi connectivity index (χ3n) is 1.73. The first kappa shape index (κ1) is 17.8. The molecule has 0 bridgehead atoms. The molecule has 1 atom stereocenters. The van der Waals surface area contributed by atoms with Crippen molar-refractivity contribution in [2.75, 3.05) is 6.61 Å². The van der Waals surface area contributed by atoms with Crippen LogP contribution in [0.3, 0.4) is 0 Å². The van der Waals surface area contributed by atoms with E-state index in [1.165, 1.54) is 0 Å². The zero-order chi connectivity index (χ0) is 15.0. The number of halogens is 10. The van der Waals surface area contributed by atoms with Crippen LogP contribution in [0.1, 0.15) is 0 Å². The Morgan fingerprint density at radius 2 is 1.28 bits per heavy atom. The maximum Gasteiger partial charge on any atom is 0.457 e. The van der Waals surface area contributed by atoms with Gasteiger partial charge in [-0.15, -0.1) is 0 Å². The zero-order valence-electron chi connectivity index (χ0n) is 8.01. The highest BCUT2D eigenvalue weighted by Gasteiger charge is 2.80. The smallest absolute Gasteiger partial charge is 0.391 e. The minimum absolute atomic E-state index is 0.809. The van der Waals surface area contributed by atoms with Crippen LogP contribution >= 0.6 is 22.6 Å². The number of aliphatic hydroxyl groups excluding tert-OH is 1. The molecule has 0 aliphatic heterocycles. The van der Waals surface area contributed by atoms with E-state index in [1.807, 2.05) is 0 Å². The van der Waals surface area contributed by atoms with Gasteiger partial charge in [0.2, 0.25) is 0 Å². The number of rotatable bonds is 3. The van der Waals surface area contributed by atoms with Crippen LogP contribution in [0.15, 0.2) is 9.66 Å². The Balaban J connectivity index is 5.97. The summed E-state index contributed by atoms with van der Waals surface area (Å²) in [6.45, 7) is -1.31. The molecule has 0 amide bonds. The summed E-state index contributed by atoms with van der Waals surface area (Å²) in [5.41, 5.74) is -5.95. The summed E-state index contributed by atoms with van der Waals surface area (Å²) < 4.78 is 109. The molecular weight excluding hydrogens is 398 g/mol. The van der Waals surface area contributed by atoms with Gasteiger partial charge in [0, 0.05) is 3.58 Å². The maximum atomic E-state index is 13.2. The summed E-state index contributed by atoms with van der Waals surface area (Å²) in [5.74, 6) is -6.68. The first-order chi connectivity index (χ1) is 7.70. The number of hydrogen-bond acceptors (Lipinski definition) is 1. The zero-order valence-corrected chi connectivity index (χ0v) is 10.2. The van der Waals surface area contributed by atoms with Gasteiger partial charge in [-0.3, -0.25) is 0 Å². The summed E-state index contributed by atoms with van der Waals surface area (Å²) in [6.07, 6.45) is -14.2. The molecular formula is C7H4F9IO. The number of allylic oxidation sites excluding steroid dienone is 1. The Labute approximate surface area is 108 Å². The van der Waals surface area contributed by atoms with E-state index in [0.717, 1.165) is 22.6 Å². The standard InChI is InChI=1S/C7H4F9IO/c8-4(6(11,12)13,1-3(17)2-18)5(9,10)7(14,15)16/h1,18H,2H2/b3-1+/t4-/m1/s1. The Hall–Kier alpha value is -0.200. The summed E-state index contributed by atoms with van der Waals surface area (Å²) in [4.78, 5) is 0. The molecule has 0 aromatic rings. The van der Waals surface area contributed by atoms with E-state index in [2.05, 4.69) is 0 Å². The van der Waals surface area contributed by atoms with E-state index >= 15 is 0 Å². The number of alkyl halides is 9. The molecule has 1 nitrogen and oxygen atoms in total. The van der Waals surface area contributed by atoms with Gasteiger partial charge in [0.15, 0.2) is 0 Å². The lowest BCUT2D eigenvalue weighted by molar-refractivity contribution is -0.369. The van der Waals surface area contributed by atoms with E-state index in [1.54, 1.807) is 0 Å². The fourth-order valence-electron chi connectivity index (χ4n) is 0.818. The van der Waals surface area contributed by atoms with Gasteiger partial charge < -0.3 is 5.11 Å². The van der Waals surface area contributed by atoms with E-state index in [4.69, 9.17) is 5.11 Å². The molecule has 18 heavy (non-hydrogen) atoms. The van der Waals surface area contributed by atoms with Crippen molar-refractivity contribution in [3.63, 3.8) is 0 Å². The molecule has 0 fully saturated rings. The molecule has 0 aliphatic carbocycles. The van der Waals surface area contributed by atoms with Gasteiger partial charge in [0.1, 0.15) is 0 Å². The van der Waals surface area contributed by atoms with Crippen molar-refractivity contribution >= 4 is 22.6 Å². The highest BCUT2D eigenvalue weighted by atomic mass is 127. The van der Waals surface area contributed by atoms with Gasteiger partial charge in [0.05, 0.1) is 6.61 Å². The molecule has 0 rings (SSSR count). The van der Waals surface area contributed by atoms with Crippen molar-refractivity contribution in [2.24, 2.45) is 0 Å². The third kappa shape index (κ3) is 3.03. The van der Waals surface area contributed by atoms with Gasteiger partial charge in [-0.2, -0.15) is 35.1 Å². The van der Waals surface area contributed by atoms with E-state index in [0.29, 0.717) is 0 Å². The number of aliphatic hydroxyl groups is 1. The van der Waals surface area contributed by atoms with Gasteiger partial charge in [-0.25, -0.2) is 4.39 Å². The van der Waals surface area contributed by atoms with Crippen LogP contribution in [-0.2, 0) is 0 Å². The summed E-state index contributed by atoms with van der Waals surface area (Å²) in [7, 11) is 0. The number of hydrogen-bond donors (Lipinski definition) is 1. The van der Waals surface area contributed by atoms with Crippen LogP contribution in [-0.4, -0.2) is 35.7 Å². The first-order valence-corrected chi connectivity index (χ1v) is 4.97. The summed E-state index contributed by atoms with van der Waals surface area (Å²) in [5, 5.41) is 8.30. The molecule has 0 aliphatic rings. The monoisotopic (exact) mass is 402 g/mol. The molecule has 0 radical (unpaired) electrons. The molecule has 0 unspecified atom stereocenters. The van der Waals surface area contributed by atoms with Gasteiger partial charge in [-0.05, 0) is 28.7 Å². The highest BCUT2D eigenvalue weighted by Crippen LogP contribution is 2.53. The predicted octanol–water partition coefficient (Wildman–Crippen LogP) is 3.77. The van der Waals surface area contributed by atoms with Crippen molar-refractivity contribution in [3.05, 3.63) is 9.66 Å². The van der Waals surface area contributed by atoms with Crippen molar-refractivity contribution < 1.29 is 44.6 Å². The van der Waals surface area contributed by atoms with E-state index in [-0.39, 0.29) is 0 Å². The van der Waals surface area contributed by atoms with Crippen LogP contribution in [0.25, 0.3) is 0 Å². The molecule has 0 spiro atoms. The van der Waals surface area contributed by atoms with Crippen LogP contribution in [0.5, 0.6) is 0 Å². The lowest BCUT2D eigenvalue weighted by Crippen LogP contribution is -2.61. The van der Waals surface area contributed by atoms with Crippen molar-refractivity contribution in [3.8, 4) is 0 Å². The minimum Gasteiger partial charge on any atom is -0.391 e. The molecule has 0 saturated heterocycles. The summed E-state index contributed by atoms with van der Waals surface area (Å²) >= 11 is 0.809. The molecule has 11 heteroatoms. The Morgan fingerprint density at radius 3 is 1.50 bits per heavy atom. The SMILES string of the molecule is OC/C(I)=C\[C@](F)(C(F)(F)F)C(F)(F)C(F)(F)F. The third-order valence-corrected chi connectivity index (χ3v) is 2.38. The molecule has 0 heterocycles. The van der Waals surface area contributed by atoms with Gasteiger partial charge >= 0.3 is 18.3 Å². The summed E-state index contributed by atoms with van der Waals surface area (Å²) in [6, 6.07) is 0. The second-order valence-electron chi connectivity index (χ2n) is 3.03. The second-order valence-corrected chi connectivity index (χ2v) is 4.42. The highest BCUT2D eigenvalue weighted by molar-refractivity contribution is 14.1. The van der Waals surface area contributed by atoms with Crippen LogP contribution in [0.4, 0.5) is 39.5 Å². The molecule has 0 saturated carbocycles. The lowest BCUT2D eigenvalue weighted by Gasteiger charge is -2.33. The predicted molar refractivity (Wildman–Crippen MR) is 50.1 cm³/mol. The Kier molecular flexibility index (Phi) is 5.00. The largest absolute Gasteiger partial charge is 0.457 e. The van der Waals surface area contributed by atoms with Gasteiger partial charge in [0.25, 0.3) is 5.67 Å². The average Bonchev–Trinajstić information content (AvgIpc) is 2.13. The lowest BCUT2D eigenvalue weighted by atomic mass is 9.95. The molecule has 0 aromatic heterocycles. The fraction of sp³-hybridized carbons (Fsp3) is 0.714. The maximum absolute atomic E-state index is 13.2. The first-order valence-electron chi connectivity index (χ1n) is 3.89. The normalized spacial score (nSPS) is 18.7. The van der Waals surface area contributed by atoms with Crippen LogP contribution in [0, 0.1) is 0 Å². The molecule has 108 valence electrons. The fourth-order valence-corrected chi connectivity index (χ4v) is 1.25. The average molecular weight is 402 g/mol. The molecule has 0 aromatic carbocycles. The topological polar surface area (TPSA) is 20.2 Å². The molecule has 1 N–H and O–H groups in total. The van der Waals surface area contributed by atoms with Crippen molar-refractivity contribution in [2.45, 2.75) is 23.9 Å². The quantitative estimate of drug-likeness (QED) is 0.563. The second kappa shape index (κ2) is 5.06. The van der Waals surface area contributed by atoms with Crippen molar-refractivity contribution in [1.29, 1.82) is 0 Å². The Morgan fingerprint density at radius 1 is 0.889 bits per heavy atom. The Bertz CT molecular complexity index is 331. The van der Waals surface area contributed by atoms with Crippen LogP contribution in [0.2, 0.25) is 0 Å². The van der Waals surface area contributed by atoms with Gasteiger partial charge in [-0.1, -0.05) is 0 Å². The van der Waals surface area contributed by atoms with E-state index in [9.17, 15) is 39.5 Å². The van der Waals surface area contributed by atoms with Crippen LogP contribution < -0.4 is 0 Å². The van der Waals surface area contributed by atoms with E-state index < -0.39 is 40.2 Å². The minimum atomic E-state index is -6.74.